The molecule has 12 rings (SSSR count). The number of aryl methyl sites for hydroxylation is 1. The first kappa shape index (κ1) is 46.8. The SMILES string of the molecule is Cc1ccc2c(c1)N(c1cc3c(cc1-c1ccc([Si](C)(C)C)cc1)C(C)(C)CCC3(C)C)c1cccc3c1B2c1oc2cc4c(cc2c1N3c1ccc2c(c1)C(C)(C)CCC2(C)C)C(C)(C)CCC4(C)C. The Morgan fingerprint density at radius 2 is 1.00 bits per heavy atom. The van der Waals surface area contributed by atoms with E-state index in [-0.39, 0.29) is 39.2 Å². The smallest absolute Gasteiger partial charge is 0.297 e. The summed E-state index contributed by atoms with van der Waals surface area (Å²) in [7, 11) is -1.53. The third kappa shape index (κ3) is 6.93. The second-order valence-electron chi connectivity index (χ2n) is 27.9. The molecule has 5 heteroatoms. The summed E-state index contributed by atoms with van der Waals surface area (Å²) in [4.78, 5) is 5.30. The lowest BCUT2D eigenvalue weighted by Gasteiger charge is -2.46. The summed E-state index contributed by atoms with van der Waals surface area (Å²) in [6.45, 7) is 39.0. The monoisotopic (exact) mass is 953 g/mol. The highest BCUT2D eigenvalue weighted by Crippen LogP contribution is 2.56. The summed E-state index contributed by atoms with van der Waals surface area (Å²) >= 11 is 0. The number of rotatable bonds is 4. The molecule has 0 fully saturated rings. The number of hydrogen-bond donors (Lipinski definition) is 0. The van der Waals surface area contributed by atoms with Crippen LogP contribution in [0.15, 0.2) is 108 Å². The standard InChI is InChI=1S/C66H77BN2OSi/c1-40-20-27-52-56(34-40)69(55-38-50-48(63(6,7)30-32-65(50,10)11)36-44(55)41-21-24-43(25-22-41)71(14,15)16)54-19-17-18-53-58(54)67(52)60-59(45-37-49-51(39-57(45)70-60)66(12,13)33-31-64(49,8)9)68(53)42-23-26-46-47(35-42)62(4,5)29-28-61(46,2)3/h17-27,34-39H,28-33H2,1-16H3. The fraction of sp³-hybridized carbons (Fsp3) is 0.424. The van der Waals surface area contributed by atoms with Crippen LogP contribution in [-0.4, -0.2) is 14.8 Å². The molecule has 0 amide bonds. The highest BCUT2D eigenvalue weighted by Gasteiger charge is 2.49. The molecular formula is C66H77BN2OSi. The zero-order chi connectivity index (χ0) is 50.3. The second kappa shape index (κ2) is 14.9. The Morgan fingerprint density at radius 1 is 0.479 bits per heavy atom. The van der Waals surface area contributed by atoms with Crippen LogP contribution in [0.3, 0.4) is 0 Å². The minimum Gasteiger partial charge on any atom is -0.468 e. The quantitative estimate of drug-likeness (QED) is 0.164. The summed E-state index contributed by atoms with van der Waals surface area (Å²) in [5.74, 6) is 0. The molecule has 0 radical (unpaired) electrons. The Balaban J connectivity index is 1.18. The highest BCUT2D eigenvalue weighted by atomic mass is 28.3. The second-order valence-corrected chi connectivity index (χ2v) is 32.9. The average Bonchev–Trinajstić information content (AvgIpc) is 3.68. The van der Waals surface area contributed by atoms with Gasteiger partial charge in [-0.1, -0.05) is 156 Å². The molecule has 0 bridgehead atoms. The molecule has 0 saturated carbocycles. The first-order valence-corrected chi connectivity index (χ1v) is 30.6. The minimum atomic E-state index is -1.53. The van der Waals surface area contributed by atoms with E-state index in [0.717, 1.165) is 30.5 Å². The van der Waals surface area contributed by atoms with Crippen LogP contribution in [0, 0.1) is 6.92 Å². The summed E-state index contributed by atoms with van der Waals surface area (Å²) in [5.41, 5.74) is 25.1. The molecule has 3 aliphatic carbocycles. The van der Waals surface area contributed by atoms with Crippen molar-refractivity contribution in [2.45, 2.75) is 181 Å². The van der Waals surface area contributed by atoms with Crippen molar-refractivity contribution in [3.8, 4) is 11.1 Å². The third-order valence-electron chi connectivity index (χ3n) is 19.1. The Morgan fingerprint density at radius 3 is 1.59 bits per heavy atom. The van der Waals surface area contributed by atoms with Gasteiger partial charge in [-0.15, -0.1) is 0 Å². The molecule has 0 atom stereocenters. The molecule has 3 heterocycles. The molecule has 2 aliphatic heterocycles. The van der Waals surface area contributed by atoms with E-state index in [4.69, 9.17) is 4.42 Å². The van der Waals surface area contributed by atoms with Crippen molar-refractivity contribution in [3.05, 3.63) is 142 Å². The lowest BCUT2D eigenvalue weighted by molar-refractivity contribution is 0.332. The molecule has 0 spiro atoms. The maximum atomic E-state index is 7.63. The topological polar surface area (TPSA) is 19.6 Å². The normalized spacial score (nSPS) is 20.4. The first-order valence-electron chi connectivity index (χ1n) is 27.1. The fourth-order valence-electron chi connectivity index (χ4n) is 14.0. The predicted molar refractivity (Wildman–Crippen MR) is 309 cm³/mol. The molecule has 1 aromatic heterocycles. The Labute approximate surface area is 427 Å². The van der Waals surface area contributed by atoms with E-state index in [1.165, 1.54) is 125 Å². The number of nitrogens with zero attached hydrogens (tertiary/aromatic N) is 2. The number of benzene rings is 6. The van der Waals surface area contributed by atoms with E-state index < -0.39 is 8.07 Å². The van der Waals surface area contributed by atoms with Gasteiger partial charge in [0.25, 0.3) is 6.71 Å². The van der Waals surface area contributed by atoms with Crippen molar-refractivity contribution in [1.82, 2.24) is 0 Å². The van der Waals surface area contributed by atoms with Gasteiger partial charge in [-0.3, -0.25) is 0 Å². The summed E-state index contributed by atoms with van der Waals surface area (Å²) < 4.78 is 7.63. The molecule has 6 aromatic carbocycles. The number of anilines is 6. The summed E-state index contributed by atoms with van der Waals surface area (Å²) in [6, 6.07) is 41.8. The zero-order valence-electron chi connectivity index (χ0n) is 45.9. The van der Waals surface area contributed by atoms with E-state index in [1.807, 2.05) is 0 Å². The van der Waals surface area contributed by atoms with Crippen molar-refractivity contribution in [2.75, 3.05) is 9.80 Å². The molecule has 0 N–H and O–H groups in total. The van der Waals surface area contributed by atoms with Crippen LogP contribution in [0.4, 0.5) is 34.1 Å². The van der Waals surface area contributed by atoms with Gasteiger partial charge < -0.3 is 14.2 Å². The van der Waals surface area contributed by atoms with Crippen molar-refractivity contribution in [1.29, 1.82) is 0 Å². The highest BCUT2D eigenvalue weighted by molar-refractivity contribution is 7.00. The average molecular weight is 953 g/mol. The number of fused-ring (bicyclic) bond motifs is 9. The van der Waals surface area contributed by atoms with Crippen LogP contribution in [0.5, 0.6) is 0 Å². The van der Waals surface area contributed by atoms with E-state index in [9.17, 15) is 0 Å². The van der Waals surface area contributed by atoms with Crippen molar-refractivity contribution < 1.29 is 4.42 Å². The van der Waals surface area contributed by atoms with E-state index in [2.05, 4.69) is 223 Å². The van der Waals surface area contributed by atoms with Crippen LogP contribution in [0.25, 0.3) is 22.1 Å². The molecule has 3 nitrogen and oxygen atoms in total. The van der Waals surface area contributed by atoms with Gasteiger partial charge in [-0.2, -0.15) is 0 Å². The lowest BCUT2D eigenvalue weighted by atomic mass is 9.35. The Kier molecular flexibility index (Phi) is 9.84. The van der Waals surface area contributed by atoms with Crippen molar-refractivity contribution >= 4 is 81.7 Å². The van der Waals surface area contributed by atoms with Gasteiger partial charge in [0.2, 0.25) is 0 Å². The van der Waals surface area contributed by atoms with Crippen LogP contribution >= 0.6 is 0 Å². The predicted octanol–water partition coefficient (Wildman–Crippen LogP) is 16.1. The molecule has 7 aromatic rings. The lowest BCUT2D eigenvalue weighted by Crippen LogP contribution is -2.61. The van der Waals surface area contributed by atoms with E-state index >= 15 is 0 Å². The van der Waals surface area contributed by atoms with Gasteiger partial charge in [-0.05, 0) is 188 Å². The number of hydrogen-bond acceptors (Lipinski definition) is 3. The maximum Gasteiger partial charge on any atom is 0.297 e. The molecule has 0 saturated heterocycles. The molecule has 364 valence electrons. The van der Waals surface area contributed by atoms with Crippen LogP contribution in [0.2, 0.25) is 19.6 Å². The number of furan rings is 1. The fourth-order valence-corrected chi connectivity index (χ4v) is 15.2. The Bertz CT molecular complexity index is 3390. The zero-order valence-corrected chi connectivity index (χ0v) is 46.9. The van der Waals surface area contributed by atoms with Gasteiger partial charge >= 0.3 is 0 Å². The van der Waals surface area contributed by atoms with Gasteiger partial charge in [0, 0.05) is 33.7 Å². The van der Waals surface area contributed by atoms with Crippen LogP contribution in [-0.2, 0) is 32.5 Å². The van der Waals surface area contributed by atoms with Crippen molar-refractivity contribution in [3.63, 3.8) is 0 Å². The summed E-state index contributed by atoms with van der Waals surface area (Å²) in [5, 5.41) is 2.71. The largest absolute Gasteiger partial charge is 0.468 e. The Hall–Kier alpha value is -5.26. The molecule has 5 aliphatic rings. The van der Waals surface area contributed by atoms with Crippen molar-refractivity contribution in [2.24, 2.45) is 0 Å². The third-order valence-corrected chi connectivity index (χ3v) is 21.1. The van der Waals surface area contributed by atoms with E-state index in [0.29, 0.717) is 0 Å². The molecular weight excluding hydrogens is 876 g/mol. The van der Waals surface area contributed by atoms with Crippen LogP contribution in [0.1, 0.15) is 161 Å². The van der Waals surface area contributed by atoms with Crippen LogP contribution < -0.4 is 31.6 Å². The minimum absolute atomic E-state index is 0.0285. The molecule has 71 heavy (non-hydrogen) atoms. The summed E-state index contributed by atoms with van der Waals surface area (Å²) in [6.07, 6.45) is 7.01. The van der Waals surface area contributed by atoms with Gasteiger partial charge in [-0.25, -0.2) is 0 Å². The first-order chi connectivity index (χ1) is 33.2. The van der Waals surface area contributed by atoms with Gasteiger partial charge in [0.05, 0.1) is 25.1 Å². The molecule has 0 unspecified atom stereocenters. The van der Waals surface area contributed by atoms with Gasteiger partial charge in [0.15, 0.2) is 0 Å². The van der Waals surface area contributed by atoms with Gasteiger partial charge in [0.1, 0.15) is 5.58 Å². The maximum absolute atomic E-state index is 7.63. The van der Waals surface area contributed by atoms with E-state index in [1.54, 1.807) is 0 Å².